The molecule has 2 aromatic rings. The lowest BCUT2D eigenvalue weighted by atomic mass is 10.2. The molecule has 6 nitrogen and oxygen atoms in total. The van der Waals surface area contributed by atoms with Gasteiger partial charge < -0.3 is 10.2 Å². The van der Waals surface area contributed by atoms with Crippen molar-refractivity contribution in [3.63, 3.8) is 0 Å². The molecule has 3 amide bonds. The van der Waals surface area contributed by atoms with Crippen molar-refractivity contribution in [2.24, 2.45) is 0 Å². The highest BCUT2D eigenvalue weighted by atomic mass is 35.5. The molecule has 1 aromatic heterocycles. The van der Waals surface area contributed by atoms with E-state index >= 15 is 0 Å². The van der Waals surface area contributed by atoms with Crippen LogP contribution >= 0.6 is 22.9 Å². The number of unbranched alkanes of at least 4 members (excludes halogenated alkanes) is 2. The van der Waals surface area contributed by atoms with Gasteiger partial charge in [0, 0.05) is 23.8 Å². The van der Waals surface area contributed by atoms with E-state index in [2.05, 4.69) is 29.5 Å². The normalized spacial score (nSPS) is 10.6. The second kappa shape index (κ2) is 11.0. The van der Waals surface area contributed by atoms with Gasteiger partial charge in [0.25, 0.3) is 5.91 Å². The van der Waals surface area contributed by atoms with Crippen LogP contribution in [0.2, 0.25) is 5.02 Å². The van der Waals surface area contributed by atoms with E-state index in [1.54, 1.807) is 31.2 Å². The first-order valence-corrected chi connectivity index (χ1v) is 10.7. The first kappa shape index (κ1) is 22.2. The maximum atomic E-state index is 13.0. The molecule has 1 aromatic carbocycles. The molecule has 1 heterocycles. The van der Waals surface area contributed by atoms with E-state index < -0.39 is 6.03 Å². The van der Waals surface area contributed by atoms with Crippen molar-refractivity contribution in [1.82, 2.24) is 9.88 Å². The summed E-state index contributed by atoms with van der Waals surface area (Å²) in [7, 11) is 0. The molecule has 0 saturated heterocycles. The molecule has 152 valence electrons. The highest BCUT2D eigenvalue weighted by molar-refractivity contribution is 7.17. The van der Waals surface area contributed by atoms with Gasteiger partial charge in [-0.15, -0.1) is 0 Å². The fraction of sp³-hybridized carbons (Fsp3) is 0.450. The largest absolute Gasteiger partial charge is 0.338 e. The molecule has 0 atom stereocenters. The van der Waals surface area contributed by atoms with E-state index in [4.69, 9.17) is 11.6 Å². The van der Waals surface area contributed by atoms with Crippen molar-refractivity contribution < 1.29 is 9.59 Å². The topological polar surface area (TPSA) is 74.3 Å². The highest BCUT2D eigenvalue weighted by Crippen LogP contribution is 2.25. The molecule has 0 fully saturated rings. The minimum Gasteiger partial charge on any atom is -0.338 e. The number of nitrogens with one attached hydrogen (secondary N) is 2. The number of rotatable bonds is 9. The van der Waals surface area contributed by atoms with Gasteiger partial charge in [0.05, 0.1) is 5.69 Å². The van der Waals surface area contributed by atoms with Crippen molar-refractivity contribution in [2.45, 2.75) is 46.5 Å². The third-order valence-corrected chi connectivity index (χ3v) is 5.48. The Kier molecular flexibility index (Phi) is 8.73. The Bertz CT molecular complexity index is 784. The molecule has 8 heteroatoms. The van der Waals surface area contributed by atoms with Crippen LogP contribution < -0.4 is 10.6 Å². The van der Waals surface area contributed by atoms with Crippen LogP contribution in [0.3, 0.4) is 0 Å². The van der Waals surface area contributed by atoms with Gasteiger partial charge in [0.15, 0.2) is 5.13 Å². The number of benzene rings is 1. The van der Waals surface area contributed by atoms with Crippen LogP contribution in [0, 0.1) is 6.92 Å². The number of amides is 3. The zero-order valence-electron chi connectivity index (χ0n) is 16.5. The van der Waals surface area contributed by atoms with Crippen LogP contribution in [0.15, 0.2) is 24.3 Å². The highest BCUT2D eigenvalue weighted by Gasteiger charge is 2.21. The number of thiazole rings is 1. The lowest BCUT2D eigenvalue weighted by Gasteiger charge is -2.21. The minimum absolute atomic E-state index is 0.0111. The maximum absolute atomic E-state index is 13.0. The van der Waals surface area contributed by atoms with Crippen LogP contribution in [0.1, 0.15) is 54.9 Å². The van der Waals surface area contributed by atoms with Gasteiger partial charge in [-0.3, -0.25) is 10.1 Å². The van der Waals surface area contributed by atoms with E-state index in [9.17, 15) is 9.59 Å². The minimum atomic E-state index is -0.413. The number of aryl methyl sites for hydroxylation is 1. The Morgan fingerprint density at radius 3 is 2.25 bits per heavy atom. The van der Waals surface area contributed by atoms with Crippen LogP contribution in [0.5, 0.6) is 0 Å². The number of carbonyl (C=O) groups excluding carboxylic acids is 2. The van der Waals surface area contributed by atoms with Crippen LogP contribution in [-0.2, 0) is 0 Å². The van der Waals surface area contributed by atoms with E-state index in [0.717, 1.165) is 38.8 Å². The smallest absolute Gasteiger partial charge is 0.325 e. The van der Waals surface area contributed by atoms with E-state index in [-0.39, 0.29) is 5.91 Å². The van der Waals surface area contributed by atoms with Gasteiger partial charge >= 0.3 is 6.03 Å². The number of aromatic nitrogens is 1. The monoisotopic (exact) mass is 422 g/mol. The molecule has 0 bridgehead atoms. The average Bonchev–Trinajstić information content (AvgIpc) is 3.03. The van der Waals surface area contributed by atoms with Crippen molar-refractivity contribution in [1.29, 1.82) is 0 Å². The van der Waals surface area contributed by atoms with Crippen LogP contribution in [0.25, 0.3) is 0 Å². The summed E-state index contributed by atoms with van der Waals surface area (Å²) in [5, 5.41) is 6.42. The lowest BCUT2D eigenvalue weighted by molar-refractivity contribution is 0.0755. The Balaban J connectivity index is 2.04. The molecule has 0 saturated carbocycles. The third kappa shape index (κ3) is 6.49. The quantitative estimate of drug-likeness (QED) is 0.536. The molecule has 0 unspecified atom stereocenters. The first-order chi connectivity index (χ1) is 13.4. The molecular formula is C20H27ClN4O2S. The molecule has 0 aliphatic heterocycles. The lowest BCUT2D eigenvalue weighted by Crippen LogP contribution is -2.32. The number of urea groups is 1. The average molecular weight is 423 g/mol. The van der Waals surface area contributed by atoms with Gasteiger partial charge in [-0.05, 0) is 44.0 Å². The predicted octanol–water partition coefficient (Wildman–Crippen LogP) is 5.79. The standard InChI is InChI=1S/C20H27ClN4O2S/c1-4-6-12-25(13-7-5-2)18(26)17-14(3)22-20(28-17)24-19(27)23-16-10-8-15(21)9-11-16/h8-11H,4-7,12-13H2,1-3H3,(H2,22,23,24,27). The summed E-state index contributed by atoms with van der Waals surface area (Å²) in [6.45, 7) is 7.51. The molecule has 0 aliphatic rings. The zero-order chi connectivity index (χ0) is 20.5. The van der Waals surface area contributed by atoms with E-state index in [0.29, 0.717) is 26.4 Å². The van der Waals surface area contributed by atoms with Crippen LogP contribution in [-0.4, -0.2) is 34.9 Å². The van der Waals surface area contributed by atoms with Gasteiger partial charge in [0.2, 0.25) is 0 Å². The van der Waals surface area contributed by atoms with Gasteiger partial charge in [-0.2, -0.15) is 0 Å². The summed E-state index contributed by atoms with van der Waals surface area (Å²) in [5.74, 6) is -0.0111. The second-order valence-corrected chi connectivity index (χ2v) is 7.95. The van der Waals surface area contributed by atoms with Gasteiger partial charge in [-0.1, -0.05) is 49.6 Å². The number of halogens is 1. The Hall–Kier alpha value is -2.12. The predicted molar refractivity (Wildman–Crippen MR) is 117 cm³/mol. The number of hydrogen-bond acceptors (Lipinski definition) is 4. The first-order valence-electron chi connectivity index (χ1n) is 9.54. The summed E-state index contributed by atoms with van der Waals surface area (Å²) in [6.07, 6.45) is 4.02. The van der Waals surface area contributed by atoms with Crippen molar-refractivity contribution in [3.05, 3.63) is 39.9 Å². The molecular weight excluding hydrogens is 396 g/mol. The van der Waals surface area contributed by atoms with E-state index in [1.165, 1.54) is 11.3 Å². The van der Waals surface area contributed by atoms with Crippen molar-refractivity contribution >= 4 is 45.7 Å². The maximum Gasteiger partial charge on any atom is 0.325 e. The Morgan fingerprint density at radius 1 is 1.07 bits per heavy atom. The summed E-state index contributed by atoms with van der Waals surface area (Å²) in [6, 6.07) is 6.40. The summed E-state index contributed by atoms with van der Waals surface area (Å²) in [5.41, 5.74) is 1.26. The summed E-state index contributed by atoms with van der Waals surface area (Å²) < 4.78 is 0. The molecule has 2 rings (SSSR count). The summed E-state index contributed by atoms with van der Waals surface area (Å²) in [4.78, 5) is 32.0. The zero-order valence-corrected chi connectivity index (χ0v) is 18.1. The fourth-order valence-corrected chi connectivity index (χ4v) is 3.65. The fourth-order valence-electron chi connectivity index (χ4n) is 2.60. The number of hydrogen-bond donors (Lipinski definition) is 2. The molecule has 0 spiro atoms. The molecule has 0 radical (unpaired) electrons. The van der Waals surface area contributed by atoms with Crippen LogP contribution in [0.4, 0.5) is 15.6 Å². The second-order valence-electron chi connectivity index (χ2n) is 6.52. The summed E-state index contributed by atoms with van der Waals surface area (Å²) >= 11 is 7.05. The third-order valence-electron chi connectivity index (χ3n) is 4.16. The number of carbonyl (C=O) groups is 2. The number of anilines is 2. The number of nitrogens with zero attached hydrogens (tertiary/aromatic N) is 2. The Labute approximate surface area is 175 Å². The SMILES string of the molecule is CCCCN(CCCC)C(=O)c1sc(NC(=O)Nc2ccc(Cl)cc2)nc1C. The molecule has 0 aliphatic carbocycles. The van der Waals surface area contributed by atoms with Gasteiger partial charge in [-0.25, -0.2) is 9.78 Å². The molecule has 2 N–H and O–H groups in total. The Morgan fingerprint density at radius 2 is 1.68 bits per heavy atom. The van der Waals surface area contributed by atoms with Crippen molar-refractivity contribution in [3.8, 4) is 0 Å². The molecule has 28 heavy (non-hydrogen) atoms. The van der Waals surface area contributed by atoms with Crippen molar-refractivity contribution in [2.75, 3.05) is 23.7 Å². The van der Waals surface area contributed by atoms with Gasteiger partial charge in [0.1, 0.15) is 4.88 Å². The van der Waals surface area contributed by atoms with E-state index in [1.807, 2.05) is 4.90 Å².